The van der Waals surface area contributed by atoms with Gasteiger partial charge in [0.2, 0.25) is 0 Å². The van der Waals surface area contributed by atoms with Crippen molar-refractivity contribution in [3.8, 4) is 0 Å². The van der Waals surface area contributed by atoms with E-state index in [1.54, 1.807) is 17.2 Å². The first-order valence-electron chi connectivity index (χ1n) is 10.6. The molecule has 1 amide bonds. The van der Waals surface area contributed by atoms with E-state index in [1.165, 1.54) is 6.07 Å². The van der Waals surface area contributed by atoms with Crippen LogP contribution in [0.3, 0.4) is 0 Å². The molecule has 8 heteroatoms. The molecule has 0 bridgehead atoms. The molecule has 5 nitrogen and oxygen atoms in total. The number of piperidine rings is 1. The molecule has 0 radical (unpaired) electrons. The fourth-order valence-corrected chi connectivity index (χ4v) is 4.54. The van der Waals surface area contributed by atoms with Gasteiger partial charge in [0.25, 0.3) is 5.91 Å². The van der Waals surface area contributed by atoms with E-state index in [0.29, 0.717) is 44.6 Å². The van der Waals surface area contributed by atoms with Crippen LogP contribution in [-0.4, -0.2) is 65.1 Å². The van der Waals surface area contributed by atoms with E-state index in [-0.39, 0.29) is 17.5 Å². The van der Waals surface area contributed by atoms with Crippen LogP contribution in [0.4, 0.5) is 13.2 Å². The molecule has 1 atom stereocenters. The first kappa shape index (κ1) is 21.8. The molecule has 1 aromatic heterocycles. The predicted octanol–water partition coefficient (Wildman–Crippen LogP) is 3.44. The number of carbonyl (C=O) groups is 1. The number of halogens is 3. The van der Waals surface area contributed by atoms with Crippen molar-refractivity contribution in [2.75, 3.05) is 32.7 Å². The normalized spacial score (nSPS) is 21.4. The number of benzene rings is 1. The molecule has 1 spiro atoms. The number of likely N-dealkylation sites (tertiary alicyclic amines) is 1. The summed E-state index contributed by atoms with van der Waals surface area (Å²) in [5, 5.41) is 0. The number of hydrogen-bond donors (Lipinski definition) is 0. The Morgan fingerprint density at radius 2 is 1.97 bits per heavy atom. The van der Waals surface area contributed by atoms with Crippen LogP contribution >= 0.6 is 0 Å². The summed E-state index contributed by atoms with van der Waals surface area (Å²) < 4.78 is 47.7. The lowest BCUT2D eigenvalue weighted by atomic mass is 9.88. The van der Waals surface area contributed by atoms with Crippen LogP contribution in [0, 0.1) is 17.5 Å². The zero-order valence-corrected chi connectivity index (χ0v) is 17.5. The number of pyridine rings is 1. The number of morpholine rings is 1. The van der Waals surface area contributed by atoms with Crippen LogP contribution in [0.15, 0.2) is 36.5 Å². The maximum atomic E-state index is 14.1. The summed E-state index contributed by atoms with van der Waals surface area (Å²) >= 11 is 0. The number of rotatable bonds is 4. The van der Waals surface area contributed by atoms with Gasteiger partial charge in [0.15, 0.2) is 0 Å². The van der Waals surface area contributed by atoms with Gasteiger partial charge in [-0.25, -0.2) is 13.2 Å². The van der Waals surface area contributed by atoms with Crippen LogP contribution in [-0.2, 0) is 11.2 Å². The third-order valence-corrected chi connectivity index (χ3v) is 6.12. The molecule has 2 fully saturated rings. The van der Waals surface area contributed by atoms with E-state index in [0.717, 1.165) is 31.3 Å². The molecule has 4 rings (SSSR count). The molecule has 31 heavy (non-hydrogen) atoms. The number of aromatic nitrogens is 1. The topological polar surface area (TPSA) is 45.7 Å². The minimum atomic E-state index is -0.726. The van der Waals surface area contributed by atoms with Crippen molar-refractivity contribution in [1.29, 1.82) is 0 Å². The number of hydrogen-bond acceptors (Lipinski definition) is 4. The van der Waals surface area contributed by atoms with Crippen molar-refractivity contribution in [2.45, 2.75) is 37.9 Å². The SMILES string of the molecule is CC1CN(C(=O)c2cc(F)ccc2F)CC2(CCN(CCc3ncccc3F)CC2)O1. The number of ether oxygens (including phenoxy) is 1. The Hall–Kier alpha value is -2.45. The van der Waals surface area contributed by atoms with Gasteiger partial charge in [-0.3, -0.25) is 9.78 Å². The van der Waals surface area contributed by atoms with Gasteiger partial charge in [-0.05, 0) is 50.1 Å². The standard InChI is InChI=1S/C23H26F3N3O2/c1-16-14-29(22(30)18-13-17(24)4-5-19(18)25)15-23(31-16)7-11-28(12-8-23)10-6-21-20(26)3-2-9-27-21/h2-5,9,13,16H,6-8,10-12,14-15H2,1H3. The lowest BCUT2D eigenvalue weighted by Crippen LogP contribution is -2.60. The summed E-state index contributed by atoms with van der Waals surface area (Å²) in [7, 11) is 0. The molecule has 1 aromatic carbocycles. The summed E-state index contributed by atoms with van der Waals surface area (Å²) in [6.45, 7) is 4.75. The molecule has 1 unspecified atom stereocenters. The van der Waals surface area contributed by atoms with E-state index in [9.17, 15) is 18.0 Å². The fourth-order valence-electron chi connectivity index (χ4n) is 4.54. The molecule has 0 N–H and O–H groups in total. The average molecular weight is 433 g/mol. The third-order valence-electron chi connectivity index (χ3n) is 6.12. The lowest BCUT2D eigenvalue weighted by Gasteiger charge is -2.49. The van der Waals surface area contributed by atoms with Gasteiger partial charge in [0, 0.05) is 38.8 Å². The van der Waals surface area contributed by atoms with Crippen molar-refractivity contribution in [1.82, 2.24) is 14.8 Å². The number of nitrogens with zero attached hydrogens (tertiary/aromatic N) is 3. The highest BCUT2D eigenvalue weighted by Crippen LogP contribution is 2.33. The summed E-state index contributed by atoms with van der Waals surface area (Å²) in [6, 6.07) is 5.92. The van der Waals surface area contributed by atoms with Gasteiger partial charge >= 0.3 is 0 Å². The second kappa shape index (κ2) is 8.96. The van der Waals surface area contributed by atoms with Gasteiger partial charge in [-0.1, -0.05) is 0 Å². The maximum Gasteiger partial charge on any atom is 0.257 e. The van der Waals surface area contributed by atoms with E-state index in [4.69, 9.17) is 4.74 Å². The molecule has 2 aliphatic heterocycles. The zero-order valence-electron chi connectivity index (χ0n) is 17.5. The van der Waals surface area contributed by atoms with E-state index < -0.39 is 23.1 Å². The lowest BCUT2D eigenvalue weighted by molar-refractivity contribution is -0.161. The number of carbonyl (C=O) groups excluding carboxylic acids is 1. The molecule has 166 valence electrons. The van der Waals surface area contributed by atoms with Crippen molar-refractivity contribution >= 4 is 5.91 Å². The van der Waals surface area contributed by atoms with Crippen molar-refractivity contribution in [3.63, 3.8) is 0 Å². The minimum Gasteiger partial charge on any atom is -0.368 e. The van der Waals surface area contributed by atoms with Gasteiger partial charge in [-0.15, -0.1) is 0 Å². The quantitative estimate of drug-likeness (QED) is 0.741. The molecular weight excluding hydrogens is 407 g/mol. The first-order chi connectivity index (χ1) is 14.8. The highest BCUT2D eigenvalue weighted by Gasteiger charge is 2.43. The Morgan fingerprint density at radius 3 is 2.71 bits per heavy atom. The monoisotopic (exact) mass is 433 g/mol. The summed E-state index contributed by atoms with van der Waals surface area (Å²) in [4.78, 5) is 20.8. The number of amides is 1. The van der Waals surface area contributed by atoms with Gasteiger partial charge in [0.05, 0.1) is 29.5 Å². The van der Waals surface area contributed by atoms with Crippen LogP contribution in [0.2, 0.25) is 0 Å². The summed E-state index contributed by atoms with van der Waals surface area (Å²) in [5.41, 5.74) is -0.303. The van der Waals surface area contributed by atoms with Crippen LogP contribution < -0.4 is 0 Å². The molecular formula is C23H26F3N3O2. The Balaban J connectivity index is 1.39. The second-order valence-electron chi connectivity index (χ2n) is 8.44. The maximum absolute atomic E-state index is 14.1. The largest absolute Gasteiger partial charge is 0.368 e. The van der Waals surface area contributed by atoms with E-state index >= 15 is 0 Å². The van der Waals surface area contributed by atoms with Crippen molar-refractivity contribution < 1.29 is 22.7 Å². The van der Waals surface area contributed by atoms with E-state index in [2.05, 4.69) is 9.88 Å². The highest BCUT2D eigenvalue weighted by atomic mass is 19.1. The Bertz CT molecular complexity index is 947. The van der Waals surface area contributed by atoms with Crippen molar-refractivity contribution in [3.05, 3.63) is 65.2 Å². The summed E-state index contributed by atoms with van der Waals surface area (Å²) in [6.07, 6.45) is 3.33. The minimum absolute atomic E-state index is 0.205. The van der Waals surface area contributed by atoms with Crippen molar-refractivity contribution in [2.24, 2.45) is 0 Å². The zero-order chi connectivity index (χ0) is 22.0. The molecule has 2 saturated heterocycles. The Morgan fingerprint density at radius 1 is 1.19 bits per heavy atom. The fraction of sp³-hybridized carbons (Fsp3) is 0.478. The van der Waals surface area contributed by atoms with Crippen LogP contribution in [0.5, 0.6) is 0 Å². The smallest absolute Gasteiger partial charge is 0.257 e. The van der Waals surface area contributed by atoms with E-state index in [1.807, 2.05) is 6.92 Å². The van der Waals surface area contributed by atoms with Crippen LogP contribution in [0.1, 0.15) is 35.8 Å². The molecule has 0 saturated carbocycles. The molecule has 2 aromatic rings. The predicted molar refractivity (Wildman–Crippen MR) is 109 cm³/mol. The highest BCUT2D eigenvalue weighted by molar-refractivity contribution is 5.94. The first-order valence-corrected chi connectivity index (χ1v) is 10.6. The van der Waals surface area contributed by atoms with Gasteiger partial charge in [0.1, 0.15) is 17.5 Å². The van der Waals surface area contributed by atoms with Crippen LogP contribution in [0.25, 0.3) is 0 Å². The second-order valence-corrected chi connectivity index (χ2v) is 8.44. The average Bonchev–Trinajstić information content (AvgIpc) is 2.75. The summed E-state index contributed by atoms with van der Waals surface area (Å²) in [5.74, 6) is -2.17. The Labute approximate surface area is 179 Å². The van der Waals surface area contributed by atoms with Gasteiger partial charge < -0.3 is 14.5 Å². The van der Waals surface area contributed by atoms with Gasteiger partial charge in [-0.2, -0.15) is 0 Å². The molecule has 0 aliphatic carbocycles. The Kier molecular flexibility index (Phi) is 6.29. The third kappa shape index (κ3) is 4.91. The molecule has 3 heterocycles. The molecule has 2 aliphatic rings.